The van der Waals surface area contributed by atoms with Crippen LogP contribution in [0.15, 0.2) is 24.3 Å². The first-order valence-corrected chi connectivity index (χ1v) is 12.2. The molecule has 0 aliphatic carbocycles. The number of aryl methyl sites for hydroxylation is 2. The van der Waals surface area contributed by atoms with Gasteiger partial charge >= 0.3 is 0 Å². The van der Waals surface area contributed by atoms with E-state index in [2.05, 4.69) is 89.5 Å². The Hall–Kier alpha value is -1.84. The van der Waals surface area contributed by atoms with Crippen LogP contribution in [0.5, 0.6) is 11.5 Å². The van der Waals surface area contributed by atoms with E-state index in [9.17, 15) is 0 Å². The predicted octanol–water partition coefficient (Wildman–Crippen LogP) is 6.48. The van der Waals surface area contributed by atoms with Crippen LogP contribution in [0.3, 0.4) is 0 Å². The Kier molecular flexibility index (Phi) is 10.1. The molecule has 0 aliphatic heterocycles. The van der Waals surface area contributed by atoms with Gasteiger partial charge in [0.2, 0.25) is 0 Å². The fourth-order valence-corrected chi connectivity index (χ4v) is 4.25. The lowest BCUT2D eigenvalue weighted by Gasteiger charge is -2.23. The van der Waals surface area contributed by atoms with Crippen molar-refractivity contribution in [2.75, 3.05) is 39.3 Å². The van der Waals surface area contributed by atoms with Gasteiger partial charge in [-0.2, -0.15) is 0 Å². The van der Waals surface area contributed by atoms with Crippen LogP contribution in [-0.4, -0.2) is 49.1 Å². The van der Waals surface area contributed by atoms with E-state index >= 15 is 0 Å². The fraction of sp³-hybridized carbons (Fsp3) is 0.571. The molecular formula is C28H44N2O. The van der Waals surface area contributed by atoms with Crippen LogP contribution in [0.25, 0.3) is 0 Å². The molecule has 0 unspecified atom stereocenters. The molecule has 0 saturated carbocycles. The average molecular weight is 425 g/mol. The van der Waals surface area contributed by atoms with Crippen molar-refractivity contribution in [1.29, 1.82) is 0 Å². The molecule has 0 amide bonds. The molecule has 0 aliphatic rings. The Morgan fingerprint density at radius 3 is 1.26 bits per heavy atom. The molecule has 0 heterocycles. The van der Waals surface area contributed by atoms with Gasteiger partial charge in [-0.3, -0.25) is 0 Å². The smallest absolute Gasteiger partial charge is 0.130 e. The van der Waals surface area contributed by atoms with E-state index in [0.29, 0.717) is 0 Å². The van der Waals surface area contributed by atoms with E-state index in [0.717, 1.165) is 63.6 Å². The predicted molar refractivity (Wildman–Crippen MR) is 135 cm³/mol. The summed E-state index contributed by atoms with van der Waals surface area (Å²) >= 11 is 0. The molecular weight excluding hydrogens is 380 g/mol. The number of benzene rings is 2. The molecule has 0 aromatic heterocycles. The van der Waals surface area contributed by atoms with Gasteiger partial charge in [0.1, 0.15) is 11.5 Å². The average Bonchev–Trinajstić information content (AvgIpc) is 2.77. The second-order valence-corrected chi connectivity index (χ2v) is 8.62. The first kappa shape index (κ1) is 25.4. The maximum absolute atomic E-state index is 6.67. The van der Waals surface area contributed by atoms with Crippen molar-refractivity contribution in [3.8, 4) is 11.5 Å². The Labute approximate surface area is 191 Å². The van der Waals surface area contributed by atoms with Gasteiger partial charge in [-0.05, 0) is 112 Å². The number of nitrogens with zero attached hydrogens (tertiary/aromatic N) is 2. The quantitative estimate of drug-likeness (QED) is 0.388. The largest absolute Gasteiger partial charge is 0.457 e. The first-order valence-electron chi connectivity index (χ1n) is 12.2. The van der Waals surface area contributed by atoms with Gasteiger partial charge in [0.15, 0.2) is 0 Å². The summed E-state index contributed by atoms with van der Waals surface area (Å²) in [6, 6.07) is 8.73. The highest BCUT2D eigenvalue weighted by molar-refractivity contribution is 5.50. The first-order chi connectivity index (χ1) is 14.9. The van der Waals surface area contributed by atoms with E-state index in [1.807, 2.05) is 0 Å². The monoisotopic (exact) mass is 424 g/mol. The molecule has 0 fully saturated rings. The standard InChI is InChI=1S/C28H44N2O/c1-9-29(10-2)19-17-25-23(7)21(5)13-15-27(25)31-28-16-14-22(6)24(8)26(28)18-20-30(11-3)12-4/h13-16H,9-12,17-20H2,1-8H3. The summed E-state index contributed by atoms with van der Waals surface area (Å²) in [6.07, 6.45) is 2.04. The molecule has 0 N–H and O–H groups in total. The summed E-state index contributed by atoms with van der Waals surface area (Å²) in [5, 5.41) is 0. The molecule has 2 aromatic carbocycles. The van der Waals surface area contributed by atoms with Crippen LogP contribution in [0.1, 0.15) is 61.1 Å². The molecule has 0 radical (unpaired) electrons. The van der Waals surface area contributed by atoms with Crippen LogP contribution in [0.2, 0.25) is 0 Å². The van der Waals surface area contributed by atoms with Gasteiger partial charge in [0.25, 0.3) is 0 Å². The van der Waals surface area contributed by atoms with Crippen molar-refractivity contribution in [1.82, 2.24) is 9.80 Å². The molecule has 0 spiro atoms. The van der Waals surface area contributed by atoms with Crippen molar-refractivity contribution in [2.24, 2.45) is 0 Å². The third kappa shape index (κ3) is 6.57. The molecule has 0 saturated heterocycles. The van der Waals surface area contributed by atoms with Gasteiger partial charge in [-0.15, -0.1) is 0 Å². The van der Waals surface area contributed by atoms with Crippen molar-refractivity contribution >= 4 is 0 Å². The van der Waals surface area contributed by atoms with Gasteiger partial charge in [0, 0.05) is 13.1 Å². The number of hydrogen-bond acceptors (Lipinski definition) is 3. The summed E-state index contributed by atoms with van der Waals surface area (Å²) in [5.74, 6) is 2.03. The highest BCUT2D eigenvalue weighted by atomic mass is 16.5. The third-order valence-corrected chi connectivity index (χ3v) is 7.02. The van der Waals surface area contributed by atoms with Gasteiger partial charge in [0.05, 0.1) is 0 Å². The molecule has 3 nitrogen and oxygen atoms in total. The fourth-order valence-electron chi connectivity index (χ4n) is 4.25. The van der Waals surface area contributed by atoms with Gasteiger partial charge < -0.3 is 14.5 Å². The summed E-state index contributed by atoms with van der Waals surface area (Å²) in [4.78, 5) is 4.97. The molecule has 2 rings (SSSR count). The maximum Gasteiger partial charge on any atom is 0.130 e. The molecule has 172 valence electrons. The highest BCUT2D eigenvalue weighted by Crippen LogP contribution is 2.34. The number of likely N-dealkylation sites (N-methyl/N-ethyl adjacent to an activating group) is 2. The van der Waals surface area contributed by atoms with Crippen LogP contribution in [0, 0.1) is 27.7 Å². The highest BCUT2D eigenvalue weighted by Gasteiger charge is 2.16. The zero-order valence-corrected chi connectivity index (χ0v) is 21.3. The van der Waals surface area contributed by atoms with Crippen molar-refractivity contribution < 1.29 is 4.74 Å². The Balaban J connectivity index is 2.37. The third-order valence-electron chi connectivity index (χ3n) is 7.02. The lowest BCUT2D eigenvalue weighted by atomic mass is 9.98. The van der Waals surface area contributed by atoms with Crippen molar-refractivity contribution in [3.63, 3.8) is 0 Å². The Morgan fingerprint density at radius 2 is 0.935 bits per heavy atom. The van der Waals surface area contributed by atoms with Crippen molar-refractivity contribution in [2.45, 2.75) is 68.2 Å². The summed E-state index contributed by atoms with van der Waals surface area (Å²) in [6.45, 7) is 24.3. The second kappa shape index (κ2) is 12.3. The zero-order valence-electron chi connectivity index (χ0n) is 21.3. The van der Waals surface area contributed by atoms with E-state index in [4.69, 9.17) is 4.74 Å². The van der Waals surface area contributed by atoms with E-state index < -0.39 is 0 Å². The van der Waals surface area contributed by atoms with Crippen LogP contribution in [0.4, 0.5) is 0 Å². The van der Waals surface area contributed by atoms with Gasteiger partial charge in [-0.25, -0.2) is 0 Å². The number of hydrogen-bond donors (Lipinski definition) is 0. The van der Waals surface area contributed by atoms with Crippen LogP contribution in [-0.2, 0) is 12.8 Å². The normalized spacial score (nSPS) is 11.5. The van der Waals surface area contributed by atoms with E-state index in [-0.39, 0.29) is 0 Å². The minimum Gasteiger partial charge on any atom is -0.457 e. The van der Waals surface area contributed by atoms with E-state index in [1.54, 1.807) is 0 Å². The zero-order chi connectivity index (χ0) is 23.0. The molecule has 2 aromatic rings. The summed E-state index contributed by atoms with van der Waals surface area (Å²) < 4.78 is 6.67. The number of rotatable bonds is 12. The SMILES string of the molecule is CCN(CC)CCc1c(Oc2ccc(C)c(C)c2CCN(CC)CC)ccc(C)c1C. The summed E-state index contributed by atoms with van der Waals surface area (Å²) in [7, 11) is 0. The number of ether oxygens (including phenoxy) is 1. The van der Waals surface area contributed by atoms with E-state index in [1.165, 1.54) is 33.4 Å². The lowest BCUT2D eigenvalue weighted by Crippen LogP contribution is -2.26. The molecule has 0 bridgehead atoms. The maximum atomic E-state index is 6.67. The Bertz CT molecular complexity index is 766. The molecule has 0 atom stereocenters. The lowest BCUT2D eigenvalue weighted by molar-refractivity contribution is 0.305. The van der Waals surface area contributed by atoms with Crippen molar-refractivity contribution in [3.05, 3.63) is 57.6 Å². The summed E-state index contributed by atoms with van der Waals surface area (Å²) in [5.41, 5.74) is 8.09. The molecule has 3 heteroatoms. The minimum atomic E-state index is 1.02. The topological polar surface area (TPSA) is 15.7 Å². The molecule has 31 heavy (non-hydrogen) atoms. The second-order valence-electron chi connectivity index (χ2n) is 8.62. The van der Waals surface area contributed by atoms with Crippen LogP contribution >= 0.6 is 0 Å². The van der Waals surface area contributed by atoms with Gasteiger partial charge in [-0.1, -0.05) is 39.8 Å². The Morgan fingerprint density at radius 1 is 0.581 bits per heavy atom. The minimum absolute atomic E-state index is 1.02. The van der Waals surface area contributed by atoms with Crippen LogP contribution < -0.4 is 4.74 Å².